The molecule has 0 saturated carbocycles. The number of hydrogen-bond donors (Lipinski definition) is 2. The maximum Gasteiger partial charge on any atom is 0.256 e. The molecule has 0 aliphatic rings. The summed E-state index contributed by atoms with van der Waals surface area (Å²) < 4.78 is 26.7. The highest BCUT2D eigenvalue weighted by Gasteiger charge is 2.16. The number of rotatable bonds is 4. The third-order valence-corrected chi connectivity index (χ3v) is 3.22. The van der Waals surface area contributed by atoms with Crippen LogP contribution in [-0.2, 0) is 6.42 Å². The molecule has 0 fully saturated rings. The highest BCUT2D eigenvalue weighted by atomic mass is 35.5. The van der Waals surface area contributed by atoms with Crippen molar-refractivity contribution in [2.45, 2.75) is 6.42 Å². The normalized spacial score (nSPS) is 10.5. The first-order valence-corrected chi connectivity index (χ1v) is 6.64. The molecule has 0 aromatic heterocycles. The largest absolute Gasteiger partial charge is 0.330 e. The van der Waals surface area contributed by atoms with Gasteiger partial charge in [0.05, 0.1) is 10.7 Å². The Morgan fingerprint density at radius 3 is 2.62 bits per heavy atom. The fraction of sp³-hybridized carbons (Fsp3) is 0.133. The second-order valence-electron chi connectivity index (χ2n) is 4.39. The molecular formula is C15H13ClF2N2O. The summed E-state index contributed by atoms with van der Waals surface area (Å²) >= 11 is 5.75. The summed E-state index contributed by atoms with van der Waals surface area (Å²) in [6.45, 7) is 0.385. The van der Waals surface area contributed by atoms with Gasteiger partial charge in [0.25, 0.3) is 5.91 Å². The van der Waals surface area contributed by atoms with E-state index in [1.165, 1.54) is 0 Å². The van der Waals surface area contributed by atoms with E-state index in [1.54, 1.807) is 24.3 Å². The van der Waals surface area contributed by atoms with E-state index < -0.39 is 17.5 Å². The van der Waals surface area contributed by atoms with Gasteiger partial charge in [-0.25, -0.2) is 8.78 Å². The Morgan fingerprint density at radius 1 is 1.24 bits per heavy atom. The standard InChI is InChI=1S/C15H13ClF2N2O/c16-12-7-10(17)8-13(18)14(12)20-15(21)11-4-2-1-3-9(11)5-6-19/h1-4,7-8H,5-6,19H2,(H,20,21). The molecule has 6 heteroatoms. The van der Waals surface area contributed by atoms with E-state index >= 15 is 0 Å². The van der Waals surface area contributed by atoms with E-state index in [1.807, 2.05) is 0 Å². The number of amides is 1. The molecule has 2 aromatic carbocycles. The molecule has 0 spiro atoms. The van der Waals surface area contributed by atoms with Gasteiger partial charge in [0.2, 0.25) is 0 Å². The van der Waals surface area contributed by atoms with Crippen molar-refractivity contribution in [2.24, 2.45) is 5.73 Å². The summed E-state index contributed by atoms with van der Waals surface area (Å²) in [5.74, 6) is -2.25. The Morgan fingerprint density at radius 2 is 1.95 bits per heavy atom. The second kappa shape index (κ2) is 6.65. The van der Waals surface area contributed by atoms with Crippen LogP contribution in [0.1, 0.15) is 15.9 Å². The van der Waals surface area contributed by atoms with Crippen LogP contribution >= 0.6 is 11.6 Å². The van der Waals surface area contributed by atoms with Crippen LogP contribution < -0.4 is 11.1 Å². The first kappa shape index (κ1) is 15.4. The van der Waals surface area contributed by atoms with Gasteiger partial charge in [0.1, 0.15) is 5.82 Å². The van der Waals surface area contributed by atoms with Crippen molar-refractivity contribution < 1.29 is 13.6 Å². The predicted octanol–water partition coefficient (Wildman–Crippen LogP) is 3.37. The lowest BCUT2D eigenvalue weighted by atomic mass is 10.0. The molecule has 0 atom stereocenters. The van der Waals surface area contributed by atoms with Crippen LogP contribution in [0, 0.1) is 11.6 Å². The van der Waals surface area contributed by atoms with Crippen molar-refractivity contribution in [1.82, 2.24) is 0 Å². The first-order chi connectivity index (χ1) is 10.0. The number of hydrogen-bond acceptors (Lipinski definition) is 2. The first-order valence-electron chi connectivity index (χ1n) is 6.26. The number of anilines is 1. The Labute approximate surface area is 125 Å². The molecule has 21 heavy (non-hydrogen) atoms. The highest BCUT2D eigenvalue weighted by molar-refractivity contribution is 6.34. The molecule has 0 radical (unpaired) electrons. The van der Waals surface area contributed by atoms with Crippen molar-refractivity contribution in [3.8, 4) is 0 Å². The Kier molecular flexibility index (Phi) is 4.88. The van der Waals surface area contributed by atoms with Crippen LogP contribution in [0.4, 0.5) is 14.5 Å². The highest BCUT2D eigenvalue weighted by Crippen LogP contribution is 2.27. The van der Waals surface area contributed by atoms with Gasteiger partial charge in [-0.2, -0.15) is 0 Å². The third-order valence-electron chi connectivity index (χ3n) is 2.92. The Hall–Kier alpha value is -1.98. The van der Waals surface area contributed by atoms with E-state index in [9.17, 15) is 13.6 Å². The summed E-state index contributed by atoms with van der Waals surface area (Å²) in [5.41, 5.74) is 6.37. The van der Waals surface area contributed by atoms with Gasteiger partial charge in [-0.05, 0) is 30.7 Å². The molecule has 0 heterocycles. The van der Waals surface area contributed by atoms with Gasteiger partial charge < -0.3 is 11.1 Å². The zero-order valence-corrected chi connectivity index (χ0v) is 11.8. The molecule has 1 amide bonds. The number of carbonyl (C=O) groups is 1. The summed E-state index contributed by atoms with van der Waals surface area (Å²) in [6.07, 6.45) is 0.517. The lowest BCUT2D eigenvalue weighted by Crippen LogP contribution is -2.17. The quantitative estimate of drug-likeness (QED) is 0.909. The number of halogens is 3. The average Bonchev–Trinajstić information content (AvgIpc) is 2.43. The summed E-state index contributed by atoms with van der Waals surface area (Å²) in [7, 11) is 0. The molecule has 2 rings (SSSR count). The number of benzene rings is 2. The molecule has 3 nitrogen and oxygen atoms in total. The minimum Gasteiger partial charge on any atom is -0.330 e. The summed E-state index contributed by atoms with van der Waals surface area (Å²) in [6, 6.07) is 8.45. The Balaban J connectivity index is 2.31. The fourth-order valence-electron chi connectivity index (χ4n) is 1.96. The fourth-order valence-corrected chi connectivity index (χ4v) is 2.20. The number of nitrogens with one attached hydrogen (secondary N) is 1. The zero-order chi connectivity index (χ0) is 15.4. The van der Waals surface area contributed by atoms with Crippen LogP contribution in [0.3, 0.4) is 0 Å². The van der Waals surface area contributed by atoms with Gasteiger partial charge in [-0.15, -0.1) is 0 Å². The molecule has 3 N–H and O–H groups in total. The van der Waals surface area contributed by atoms with Gasteiger partial charge in [-0.1, -0.05) is 29.8 Å². The van der Waals surface area contributed by atoms with E-state index in [-0.39, 0.29) is 10.7 Å². The molecule has 0 aliphatic heterocycles. The van der Waals surface area contributed by atoms with Crippen LogP contribution in [-0.4, -0.2) is 12.5 Å². The van der Waals surface area contributed by atoms with E-state index in [0.717, 1.165) is 11.6 Å². The molecule has 0 unspecified atom stereocenters. The molecule has 0 aliphatic carbocycles. The van der Waals surface area contributed by atoms with Gasteiger partial charge in [0.15, 0.2) is 5.82 Å². The molecule has 110 valence electrons. The van der Waals surface area contributed by atoms with Crippen LogP contribution in [0.25, 0.3) is 0 Å². The molecular weight excluding hydrogens is 298 g/mol. The summed E-state index contributed by atoms with van der Waals surface area (Å²) in [4.78, 5) is 12.2. The minimum absolute atomic E-state index is 0.197. The van der Waals surface area contributed by atoms with Crippen molar-refractivity contribution in [2.75, 3.05) is 11.9 Å². The van der Waals surface area contributed by atoms with E-state index in [4.69, 9.17) is 17.3 Å². The lowest BCUT2D eigenvalue weighted by Gasteiger charge is -2.11. The van der Waals surface area contributed by atoms with Crippen molar-refractivity contribution >= 4 is 23.2 Å². The van der Waals surface area contributed by atoms with E-state index in [2.05, 4.69) is 5.32 Å². The van der Waals surface area contributed by atoms with Crippen LogP contribution in [0.15, 0.2) is 36.4 Å². The zero-order valence-electron chi connectivity index (χ0n) is 11.0. The minimum atomic E-state index is -0.926. The maximum absolute atomic E-state index is 13.7. The second-order valence-corrected chi connectivity index (χ2v) is 4.80. The molecule has 2 aromatic rings. The Bertz CT molecular complexity index is 653. The monoisotopic (exact) mass is 310 g/mol. The van der Waals surface area contributed by atoms with Gasteiger partial charge in [-0.3, -0.25) is 4.79 Å². The van der Waals surface area contributed by atoms with Gasteiger partial charge >= 0.3 is 0 Å². The average molecular weight is 311 g/mol. The number of nitrogens with two attached hydrogens (primary N) is 1. The topological polar surface area (TPSA) is 55.1 Å². The van der Waals surface area contributed by atoms with Gasteiger partial charge in [0, 0.05) is 11.6 Å². The maximum atomic E-state index is 13.7. The van der Waals surface area contributed by atoms with Crippen LogP contribution in [0.2, 0.25) is 5.02 Å². The van der Waals surface area contributed by atoms with Crippen molar-refractivity contribution in [3.05, 3.63) is 64.2 Å². The smallest absolute Gasteiger partial charge is 0.256 e. The number of carbonyl (C=O) groups excluding carboxylic acids is 1. The lowest BCUT2D eigenvalue weighted by molar-refractivity contribution is 0.102. The third kappa shape index (κ3) is 3.56. The van der Waals surface area contributed by atoms with E-state index in [0.29, 0.717) is 24.6 Å². The predicted molar refractivity (Wildman–Crippen MR) is 78.5 cm³/mol. The van der Waals surface area contributed by atoms with Crippen molar-refractivity contribution in [1.29, 1.82) is 0 Å². The SMILES string of the molecule is NCCc1ccccc1C(=O)Nc1c(F)cc(F)cc1Cl. The molecule has 0 bridgehead atoms. The molecule has 0 saturated heterocycles. The van der Waals surface area contributed by atoms with Crippen LogP contribution in [0.5, 0.6) is 0 Å². The van der Waals surface area contributed by atoms with Crippen molar-refractivity contribution in [3.63, 3.8) is 0 Å². The summed E-state index contributed by atoms with van der Waals surface area (Å²) in [5, 5.41) is 2.17.